The SMILES string of the molecule is CCCNC(=O)CN(C)Cc1ccc(Cl)nc1. The second kappa shape index (κ2) is 7.25. The first-order valence-corrected chi connectivity index (χ1v) is 6.05. The molecule has 0 aromatic carbocycles. The van der Waals surface area contributed by atoms with Crippen molar-refractivity contribution < 1.29 is 4.79 Å². The summed E-state index contributed by atoms with van der Waals surface area (Å²) in [4.78, 5) is 17.4. The summed E-state index contributed by atoms with van der Waals surface area (Å²) in [5, 5.41) is 3.32. The molecule has 94 valence electrons. The van der Waals surface area contributed by atoms with E-state index in [1.165, 1.54) is 0 Å². The van der Waals surface area contributed by atoms with Crippen LogP contribution in [-0.2, 0) is 11.3 Å². The van der Waals surface area contributed by atoms with Crippen LogP contribution < -0.4 is 5.32 Å². The van der Waals surface area contributed by atoms with Crippen LogP contribution in [-0.4, -0.2) is 35.9 Å². The minimum atomic E-state index is 0.0521. The Labute approximate surface area is 107 Å². The van der Waals surface area contributed by atoms with Gasteiger partial charge in [-0.25, -0.2) is 4.98 Å². The maximum Gasteiger partial charge on any atom is 0.234 e. The molecule has 4 nitrogen and oxygen atoms in total. The van der Waals surface area contributed by atoms with E-state index in [-0.39, 0.29) is 5.91 Å². The van der Waals surface area contributed by atoms with Crippen molar-refractivity contribution in [1.82, 2.24) is 15.2 Å². The average Bonchev–Trinajstić information content (AvgIpc) is 2.29. The summed E-state index contributed by atoms with van der Waals surface area (Å²) in [6.45, 7) is 3.84. The van der Waals surface area contributed by atoms with Crippen molar-refractivity contribution in [2.45, 2.75) is 19.9 Å². The van der Waals surface area contributed by atoms with E-state index < -0.39 is 0 Å². The van der Waals surface area contributed by atoms with Crippen LogP contribution in [0.5, 0.6) is 0 Å². The zero-order valence-corrected chi connectivity index (χ0v) is 11.0. The second-order valence-electron chi connectivity index (χ2n) is 4.01. The Kier molecular flexibility index (Phi) is 5.94. The number of pyridine rings is 1. The predicted octanol–water partition coefficient (Wildman–Crippen LogP) is 1.69. The quantitative estimate of drug-likeness (QED) is 0.787. The molecule has 0 spiro atoms. The third-order valence-corrected chi connectivity index (χ3v) is 2.45. The van der Waals surface area contributed by atoms with Crippen molar-refractivity contribution in [3.8, 4) is 0 Å². The van der Waals surface area contributed by atoms with Crippen molar-refractivity contribution in [3.63, 3.8) is 0 Å². The summed E-state index contributed by atoms with van der Waals surface area (Å²) in [5.74, 6) is 0.0521. The van der Waals surface area contributed by atoms with Crippen LogP contribution in [0.25, 0.3) is 0 Å². The summed E-state index contributed by atoms with van der Waals surface area (Å²) in [6, 6.07) is 3.66. The first kappa shape index (κ1) is 13.9. The van der Waals surface area contributed by atoms with Gasteiger partial charge < -0.3 is 5.32 Å². The number of nitrogens with one attached hydrogen (secondary N) is 1. The van der Waals surface area contributed by atoms with E-state index >= 15 is 0 Å². The third-order valence-electron chi connectivity index (χ3n) is 2.23. The summed E-state index contributed by atoms with van der Waals surface area (Å²) >= 11 is 5.70. The molecule has 1 heterocycles. The fourth-order valence-corrected chi connectivity index (χ4v) is 1.54. The van der Waals surface area contributed by atoms with Crippen LogP contribution in [0, 0.1) is 0 Å². The number of amides is 1. The molecule has 0 unspecified atom stereocenters. The number of likely N-dealkylation sites (N-methyl/N-ethyl adjacent to an activating group) is 1. The molecule has 1 N–H and O–H groups in total. The molecule has 0 saturated carbocycles. The molecule has 1 aromatic heterocycles. The fourth-order valence-electron chi connectivity index (χ4n) is 1.43. The average molecular weight is 256 g/mol. The maximum atomic E-state index is 11.5. The Balaban J connectivity index is 2.36. The highest BCUT2D eigenvalue weighted by Gasteiger charge is 2.06. The lowest BCUT2D eigenvalue weighted by Crippen LogP contribution is -2.35. The number of hydrogen-bond acceptors (Lipinski definition) is 3. The summed E-state index contributed by atoms with van der Waals surface area (Å²) in [6.07, 6.45) is 2.68. The van der Waals surface area contributed by atoms with Gasteiger partial charge in [-0.05, 0) is 25.1 Å². The van der Waals surface area contributed by atoms with E-state index in [4.69, 9.17) is 11.6 Å². The number of rotatable bonds is 6. The van der Waals surface area contributed by atoms with Gasteiger partial charge in [0.25, 0.3) is 0 Å². The molecule has 0 aliphatic carbocycles. The lowest BCUT2D eigenvalue weighted by Gasteiger charge is -2.15. The van der Waals surface area contributed by atoms with Gasteiger partial charge in [0, 0.05) is 19.3 Å². The monoisotopic (exact) mass is 255 g/mol. The number of carbonyl (C=O) groups excluding carboxylic acids is 1. The van der Waals surface area contributed by atoms with Gasteiger partial charge in [-0.1, -0.05) is 24.6 Å². The summed E-state index contributed by atoms with van der Waals surface area (Å²) in [5.41, 5.74) is 1.04. The van der Waals surface area contributed by atoms with Gasteiger partial charge in [0.2, 0.25) is 5.91 Å². The van der Waals surface area contributed by atoms with E-state index in [1.807, 2.05) is 24.9 Å². The fraction of sp³-hybridized carbons (Fsp3) is 0.500. The summed E-state index contributed by atoms with van der Waals surface area (Å²) in [7, 11) is 1.90. The highest BCUT2D eigenvalue weighted by molar-refractivity contribution is 6.29. The zero-order valence-electron chi connectivity index (χ0n) is 10.2. The van der Waals surface area contributed by atoms with Gasteiger partial charge >= 0.3 is 0 Å². The van der Waals surface area contributed by atoms with Gasteiger partial charge in [0.1, 0.15) is 5.15 Å². The van der Waals surface area contributed by atoms with Crippen LogP contribution >= 0.6 is 11.6 Å². The number of carbonyl (C=O) groups is 1. The first-order chi connectivity index (χ1) is 8.11. The van der Waals surface area contributed by atoms with Gasteiger partial charge in [0.15, 0.2) is 0 Å². The van der Waals surface area contributed by atoms with Crippen molar-refractivity contribution in [3.05, 3.63) is 29.0 Å². The molecule has 0 saturated heterocycles. The molecule has 0 fully saturated rings. The smallest absolute Gasteiger partial charge is 0.234 e. The van der Waals surface area contributed by atoms with Crippen LogP contribution in [0.2, 0.25) is 5.15 Å². The number of nitrogens with zero attached hydrogens (tertiary/aromatic N) is 2. The van der Waals surface area contributed by atoms with Gasteiger partial charge in [-0.2, -0.15) is 0 Å². The van der Waals surface area contributed by atoms with E-state index in [1.54, 1.807) is 12.3 Å². The van der Waals surface area contributed by atoms with Crippen LogP contribution in [0.4, 0.5) is 0 Å². The minimum absolute atomic E-state index is 0.0521. The molecule has 0 radical (unpaired) electrons. The van der Waals surface area contributed by atoms with E-state index in [0.717, 1.165) is 18.5 Å². The largest absolute Gasteiger partial charge is 0.355 e. The van der Waals surface area contributed by atoms with Crippen LogP contribution in [0.1, 0.15) is 18.9 Å². The molecular weight excluding hydrogens is 238 g/mol. The molecule has 0 bridgehead atoms. The number of aromatic nitrogens is 1. The molecule has 0 aliphatic heterocycles. The Morgan fingerprint density at radius 3 is 2.88 bits per heavy atom. The molecule has 1 amide bonds. The number of hydrogen-bond donors (Lipinski definition) is 1. The number of halogens is 1. The molecule has 1 aromatic rings. The lowest BCUT2D eigenvalue weighted by molar-refractivity contribution is -0.122. The zero-order chi connectivity index (χ0) is 12.7. The van der Waals surface area contributed by atoms with Crippen molar-refractivity contribution in [1.29, 1.82) is 0 Å². The van der Waals surface area contributed by atoms with E-state index in [2.05, 4.69) is 10.3 Å². The maximum absolute atomic E-state index is 11.5. The van der Waals surface area contributed by atoms with Crippen LogP contribution in [0.15, 0.2) is 18.3 Å². The van der Waals surface area contributed by atoms with E-state index in [9.17, 15) is 4.79 Å². The lowest BCUT2D eigenvalue weighted by atomic mass is 10.2. The van der Waals surface area contributed by atoms with Crippen LogP contribution in [0.3, 0.4) is 0 Å². The molecule has 1 rings (SSSR count). The molecule has 5 heteroatoms. The van der Waals surface area contributed by atoms with Crippen molar-refractivity contribution in [2.24, 2.45) is 0 Å². The summed E-state index contributed by atoms with van der Waals surface area (Å²) < 4.78 is 0. The minimum Gasteiger partial charge on any atom is -0.355 e. The first-order valence-electron chi connectivity index (χ1n) is 5.67. The molecule has 0 aliphatic rings. The Bertz CT molecular complexity index is 353. The molecular formula is C12H18ClN3O. The van der Waals surface area contributed by atoms with E-state index in [0.29, 0.717) is 18.2 Å². The highest BCUT2D eigenvalue weighted by Crippen LogP contribution is 2.06. The molecule has 0 atom stereocenters. The van der Waals surface area contributed by atoms with Gasteiger partial charge in [0.05, 0.1) is 6.54 Å². The standard InChI is InChI=1S/C12H18ClN3O/c1-3-6-14-12(17)9-16(2)8-10-4-5-11(13)15-7-10/h4-5,7H,3,6,8-9H2,1-2H3,(H,14,17). The highest BCUT2D eigenvalue weighted by atomic mass is 35.5. The third kappa shape index (κ3) is 5.65. The normalized spacial score (nSPS) is 10.6. The van der Waals surface area contributed by atoms with Gasteiger partial charge in [-0.3, -0.25) is 9.69 Å². The predicted molar refractivity (Wildman–Crippen MR) is 68.9 cm³/mol. The Morgan fingerprint density at radius 2 is 2.29 bits per heavy atom. The Morgan fingerprint density at radius 1 is 1.53 bits per heavy atom. The van der Waals surface area contributed by atoms with Crippen molar-refractivity contribution >= 4 is 17.5 Å². The molecule has 17 heavy (non-hydrogen) atoms. The topological polar surface area (TPSA) is 45.2 Å². The van der Waals surface area contributed by atoms with Gasteiger partial charge in [-0.15, -0.1) is 0 Å². The second-order valence-corrected chi connectivity index (χ2v) is 4.40. The van der Waals surface area contributed by atoms with Crippen molar-refractivity contribution in [2.75, 3.05) is 20.1 Å². The Hall–Kier alpha value is -1.13.